The molecule has 0 bridgehead atoms. The number of ether oxygens (including phenoxy) is 2. The van der Waals surface area contributed by atoms with Crippen LogP contribution >= 0.6 is 23.1 Å². The summed E-state index contributed by atoms with van der Waals surface area (Å²) >= 11 is 3.60. The van der Waals surface area contributed by atoms with Crippen molar-refractivity contribution in [3.05, 3.63) is 45.6 Å². The Hall–Kier alpha value is -1.66. The molecule has 0 saturated carbocycles. The number of hydrogen-bond donors (Lipinski definition) is 0. The fourth-order valence-electron chi connectivity index (χ4n) is 3.01. The molecule has 0 aliphatic carbocycles. The molecule has 2 aromatic rings. The molecule has 0 saturated heterocycles. The highest BCUT2D eigenvalue weighted by atomic mass is 32.2. The van der Waals surface area contributed by atoms with Crippen LogP contribution in [0.5, 0.6) is 11.5 Å². The summed E-state index contributed by atoms with van der Waals surface area (Å²) < 4.78 is 11.2. The number of benzene rings is 1. The van der Waals surface area contributed by atoms with Crippen LogP contribution in [0.25, 0.3) is 0 Å². The molecule has 0 fully saturated rings. The summed E-state index contributed by atoms with van der Waals surface area (Å²) in [5.41, 5.74) is 3.37. The first-order valence-corrected chi connectivity index (χ1v) is 10.4. The zero-order valence-corrected chi connectivity index (χ0v) is 16.0. The monoisotopic (exact) mass is 375 g/mol. The smallest absolute Gasteiger partial charge is 0.161 e. The Bertz CT molecular complexity index is 802. The van der Waals surface area contributed by atoms with Gasteiger partial charge < -0.3 is 14.3 Å². The van der Waals surface area contributed by atoms with Gasteiger partial charge in [0, 0.05) is 17.9 Å². The van der Waals surface area contributed by atoms with Gasteiger partial charge in [0.05, 0.1) is 4.88 Å². The van der Waals surface area contributed by atoms with Gasteiger partial charge in [0.15, 0.2) is 11.5 Å². The summed E-state index contributed by atoms with van der Waals surface area (Å²) in [7, 11) is 0. The van der Waals surface area contributed by atoms with E-state index in [9.17, 15) is 0 Å². The molecule has 0 N–H and O–H groups in total. The number of hydrogen-bond acceptors (Lipinski definition) is 6. The van der Waals surface area contributed by atoms with Gasteiger partial charge in [0.25, 0.3) is 0 Å². The second-order valence-corrected chi connectivity index (χ2v) is 8.56. The highest BCUT2D eigenvalue weighted by molar-refractivity contribution is 7.98. The molecular weight excluding hydrogens is 354 g/mol. The third-order valence-corrected chi connectivity index (χ3v) is 6.74. The van der Waals surface area contributed by atoms with Crippen LogP contribution in [0.3, 0.4) is 0 Å². The molecule has 1 aromatic carbocycles. The summed E-state index contributed by atoms with van der Waals surface area (Å²) in [6, 6.07) is 8.32. The predicted molar refractivity (Wildman–Crippen MR) is 103 cm³/mol. The first-order valence-electron chi connectivity index (χ1n) is 8.39. The largest absolute Gasteiger partial charge is 0.486 e. The van der Waals surface area contributed by atoms with E-state index >= 15 is 0 Å². The molecule has 1 atom stereocenters. The summed E-state index contributed by atoms with van der Waals surface area (Å²) in [6.07, 6.45) is 0.864. The van der Waals surface area contributed by atoms with E-state index in [0.717, 1.165) is 35.1 Å². The average molecular weight is 376 g/mol. The lowest BCUT2D eigenvalue weighted by Crippen LogP contribution is -2.28. The van der Waals surface area contributed by atoms with Gasteiger partial charge in [-0.3, -0.25) is 0 Å². The van der Waals surface area contributed by atoms with Gasteiger partial charge in [-0.05, 0) is 48.6 Å². The lowest BCUT2D eigenvalue weighted by molar-refractivity contribution is 0.0163. The number of rotatable bonds is 5. The van der Waals surface area contributed by atoms with Crippen LogP contribution in [0.4, 0.5) is 0 Å². The van der Waals surface area contributed by atoms with E-state index in [4.69, 9.17) is 14.3 Å². The van der Waals surface area contributed by atoms with Crippen molar-refractivity contribution in [3.8, 4) is 11.5 Å². The Balaban J connectivity index is 1.32. The highest BCUT2D eigenvalue weighted by Crippen LogP contribution is 2.35. The minimum atomic E-state index is -0.232. The third kappa shape index (κ3) is 3.65. The Morgan fingerprint density at radius 2 is 2.04 bits per heavy atom. The van der Waals surface area contributed by atoms with Gasteiger partial charge in [-0.15, -0.1) is 11.3 Å². The predicted octanol–water partition coefficient (Wildman–Crippen LogP) is 4.64. The molecule has 0 spiro atoms. The molecule has 0 radical (unpaired) electrons. The number of thiophene rings is 1. The van der Waals surface area contributed by atoms with Crippen molar-refractivity contribution < 1.29 is 14.3 Å². The third-order valence-electron chi connectivity index (χ3n) is 4.32. The number of fused-ring (bicyclic) bond motifs is 1. The number of aryl methyl sites for hydroxylation is 1. The second kappa shape index (κ2) is 6.92. The first-order chi connectivity index (χ1) is 12.1. The molecule has 1 aromatic heterocycles. The normalized spacial score (nSPS) is 21.8. The van der Waals surface area contributed by atoms with Gasteiger partial charge >= 0.3 is 0 Å². The van der Waals surface area contributed by atoms with Crippen LogP contribution in [0.2, 0.25) is 0 Å². The Labute approximate surface area is 156 Å². The molecular formula is C19H21NO3S2. The van der Waals surface area contributed by atoms with Crippen molar-refractivity contribution >= 4 is 28.8 Å². The summed E-state index contributed by atoms with van der Waals surface area (Å²) in [5, 5.41) is 6.46. The zero-order valence-electron chi connectivity index (χ0n) is 14.4. The summed E-state index contributed by atoms with van der Waals surface area (Å²) in [5.74, 6) is 3.52. The minimum absolute atomic E-state index is 0.232. The van der Waals surface area contributed by atoms with Crippen LogP contribution in [-0.4, -0.2) is 30.3 Å². The van der Waals surface area contributed by atoms with Crippen molar-refractivity contribution in [2.45, 2.75) is 31.6 Å². The van der Waals surface area contributed by atoms with E-state index in [1.165, 1.54) is 16.0 Å². The van der Waals surface area contributed by atoms with Crippen LogP contribution < -0.4 is 9.47 Å². The molecule has 1 unspecified atom stereocenters. The van der Waals surface area contributed by atoms with Gasteiger partial charge in [0.1, 0.15) is 24.5 Å². The Morgan fingerprint density at radius 1 is 1.20 bits per heavy atom. The molecule has 2 aliphatic rings. The van der Waals surface area contributed by atoms with Crippen molar-refractivity contribution in [2.75, 3.05) is 19.0 Å². The van der Waals surface area contributed by atoms with Crippen LogP contribution in [0, 0.1) is 6.92 Å². The van der Waals surface area contributed by atoms with E-state index in [1.807, 2.05) is 17.8 Å². The molecule has 4 rings (SSSR count). The average Bonchev–Trinajstić information content (AvgIpc) is 3.21. The lowest BCUT2D eigenvalue weighted by atomic mass is 10.0. The molecule has 4 nitrogen and oxygen atoms in total. The first kappa shape index (κ1) is 16.8. The van der Waals surface area contributed by atoms with Crippen LogP contribution in [0.15, 0.2) is 34.8 Å². The second-order valence-electron chi connectivity index (χ2n) is 6.66. The van der Waals surface area contributed by atoms with E-state index in [-0.39, 0.29) is 5.60 Å². The molecule has 6 heteroatoms. The maximum Gasteiger partial charge on any atom is 0.161 e. The molecule has 3 heterocycles. The van der Waals surface area contributed by atoms with Gasteiger partial charge in [-0.1, -0.05) is 11.2 Å². The fraction of sp³-hybridized carbons (Fsp3) is 0.421. The number of nitrogens with zero attached hydrogens (tertiary/aromatic N) is 1. The number of oxime groups is 1. The van der Waals surface area contributed by atoms with Crippen LogP contribution in [0.1, 0.15) is 29.3 Å². The Kier molecular flexibility index (Phi) is 4.65. The zero-order chi connectivity index (χ0) is 17.3. The van der Waals surface area contributed by atoms with Gasteiger partial charge in [-0.2, -0.15) is 11.8 Å². The van der Waals surface area contributed by atoms with Gasteiger partial charge in [0.2, 0.25) is 0 Å². The van der Waals surface area contributed by atoms with E-state index in [0.29, 0.717) is 13.2 Å². The quantitative estimate of drug-likeness (QED) is 0.763. The maximum absolute atomic E-state index is 5.79. The van der Waals surface area contributed by atoms with Gasteiger partial charge in [-0.25, -0.2) is 0 Å². The summed E-state index contributed by atoms with van der Waals surface area (Å²) in [4.78, 5) is 7.04. The standard InChI is InChI=1S/C19H21NO3S2/c1-13-5-8-25-18(13)15-10-19(2,23-20-15)12-24-11-14-3-4-16-17(9-14)22-7-6-21-16/h3-5,8-9H,6-7,10-12H2,1-2H3. The molecule has 132 valence electrons. The lowest BCUT2D eigenvalue weighted by Gasteiger charge is -2.21. The molecule has 2 aliphatic heterocycles. The number of thioether (sulfide) groups is 1. The SMILES string of the molecule is Cc1ccsc1C1=NOC(C)(CSCc2ccc3c(c2)OCCO3)C1. The highest BCUT2D eigenvalue weighted by Gasteiger charge is 2.35. The van der Waals surface area contributed by atoms with E-state index in [1.54, 1.807) is 11.3 Å². The summed E-state index contributed by atoms with van der Waals surface area (Å²) in [6.45, 7) is 5.52. The van der Waals surface area contributed by atoms with Crippen molar-refractivity contribution in [3.63, 3.8) is 0 Å². The maximum atomic E-state index is 5.79. The van der Waals surface area contributed by atoms with E-state index in [2.05, 4.69) is 42.6 Å². The van der Waals surface area contributed by atoms with Crippen molar-refractivity contribution in [2.24, 2.45) is 5.16 Å². The fourth-order valence-corrected chi connectivity index (χ4v) is 5.03. The molecule has 25 heavy (non-hydrogen) atoms. The Morgan fingerprint density at radius 3 is 2.84 bits per heavy atom. The minimum Gasteiger partial charge on any atom is -0.486 e. The molecule has 0 amide bonds. The topological polar surface area (TPSA) is 40.0 Å². The van der Waals surface area contributed by atoms with E-state index < -0.39 is 0 Å². The van der Waals surface area contributed by atoms with Crippen molar-refractivity contribution in [1.29, 1.82) is 0 Å². The van der Waals surface area contributed by atoms with Crippen LogP contribution in [-0.2, 0) is 10.6 Å². The van der Waals surface area contributed by atoms with Crippen molar-refractivity contribution in [1.82, 2.24) is 0 Å².